The van der Waals surface area contributed by atoms with Crippen molar-refractivity contribution in [3.8, 4) is 0 Å². The van der Waals surface area contributed by atoms with Crippen LogP contribution in [0.5, 0.6) is 0 Å². The minimum atomic E-state index is -1.29. The van der Waals surface area contributed by atoms with Crippen LogP contribution in [-0.4, -0.2) is 6.26 Å². The average Bonchev–Trinajstić information content (AvgIpc) is 2.70. The normalized spacial score (nSPS) is 11.9. The van der Waals surface area contributed by atoms with E-state index in [1.54, 1.807) is 147 Å². The van der Waals surface area contributed by atoms with Gasteiger partial charge >= 0.3 is 0 Å². The summed E-state index contributed by atoms with van der Waals surface area (Å²) in [5, 5.41) is 0. The Labute approximate surface area is 285 Å². The molecule has 0 spiro atoms. The predicted octanol–water partition coefficient (Wildman–Crippen LogP) is 16.7. The molecule has 0 saturated heterocycles. The number of thiol groups is 1. The number of hydrogen-bond donors (Lipinski definition) is 1. The highest BCUT2D eigenvalue weighted by molar-refractivity contribution is 9.60. The summed E-state index contributed by atoms with van der Waals surface area (Å²) in [6.07, 6.45) is 0.670. The fourth-order valence-electron chi connectivity index (χ4n) is 0.312. The molecular formula is CH4S29. The zero-order valence-electron chi connectivity index (χ0n) is 12.9. The monoisotopic (exact) mass is 943 g/mol. The molecule has 0 atom stereocenters. The van der Waals surface area contributed by atoms with Crippen LogP contribution in [0.2, 0.25) is 0 Å². The lowest BCUT2D eigenvalue weighted by Crippen LogP contribution is -1.75. The fourth-order valence-corrected chi connectivity index (χ4v) is 71.4. The van der Waals surface area contributed by atoms with E-state index in [9.17, 15) is 0 Å². The Kier molecular flexibility index (Phi) is 44.4. The summed E-state index contributed by atoms with van der Waals surface area (Å²) in [5.74, 6) is 0. The minimum Gasteiger partial charge on any atom is -0.0988 e. The van der Waals surface area contributed by atoms with Crippen LogP contribution in [0.4, 0.5) is 0 Å². The van der Waals surface area contributed by atoms with E-state index in [2.05, 4.69) is 11.7 Å². The topological polar surface area (TPSA) is 0 Å². The number of rotatable bonds is 25. The Balaban J connectivity index is 3.03. The lowest BCUT2D eigenvalue weighted by molar-refractivity contribution is 2.53. The van der Waals surface area contributed by atoms with Crippen molar-refractivity contribution in [3.63, 3.8) is 0 Å². The fraction of sp³-hybridized carbons (Fsp3) is 1.00. The van der Waals surface area contributed by atoms with Gasteiger partial charge in [-0.2, -0.15) is 0 Å². The lowest BCUT2D eigenvalue weighted by atomic mass is 12.0. The van der Waals surface area contributed by atoms with E-state index in [1.165, 1.54) is 9.83 Å². The van der Waals surface area contributed by atoms with Crippen LogP contribution < -0.4 is 0 Å². The molecule has 29 heteroatoms. The summed E-state index contributed by atoms with van der Waals surface area (Å²) in [4.78, 5) is 0. The first-order valence-corrected chi connectivity index (χ1v) is 43.4. The summed E-state index contributed by atoms with van der Waals surface area (Å²) in [5.41, 5.74) is 0. The maximum absolute atomic E-state index is 5.20. The second-order valence-corrected chi connectivity index (χ2v) is 56.1. The third-order valence-corrected chi connectivity index (χ3v) is 60.6. The van der Waals surface area contributed by atoms with Gasteiger partial charge in [-0.15, -0.1) is 0 Å². The first kappa shape index (κ1) is 39.9. The molecule has 0 aromatic carbocycles. The third kappa shape index (κ3) is 37.9. The summed E-state index contributed by atoms with van der Waals surface area (Å²) in [6, 6.07) is 0. The molecule has 0 N–H and O–H groups in total. The second-order valence-electron chi connectivity index (χ2n) is 2.41. The van der Waals surface area contributed by atoms with Crippen molar-refractivity contribution in [1.29, 1.82) is 0 Å². The van der Waals surface area contributed by atoms with Crippen molar-refractivity contribution >= 4 is 286 Å². The quantitative estimate of drug-likeness (QED) is 0.0524. The highest BCUT2D eigenvalue weighted by atomic mass is 34.1. The first-order valence-electron chi connectivity index (χ1n) is 5.09. The zero-order chi connectivity index (χ0) is 22.2. The smallest absolute Gasteiger partial charge is 0.000468 e. The highest BCUT2D eigenvalue weighted by Crippen LogP contribution is 2.66. The van der Waals surface area contributed by atoms with Gasteiger partial charge in [0.25, 0.3) is 0 Å². The Morgan fingerprint density at radius 3 is 0.800 bits per heavy atom. The van der Waals surface area contributed by atoms with E-state index < -0.39 is 6.18 Å². The van der Waals surface area contributed by atoms with E-state index in [1.807, 2.05) is 94.7 Å². The Morgan fingerprint density at radius 1 is 0.400 bits per heavy atom. The van der Waals surface area contributed by atoms with Crippen LogP contribution >= 0.6 is 257 Å². The maximum atomic E-state index is 5.20. The van der Waals surface area contributed by atoms with Gasteiger partial charge in [-0.05, 0) is 186 Å². The van der Waals surface area contributed by atoms with Crippen molar-refractivity contribution in [2.24, 2.45) is 0 Å². The third-order valence-electron chi connectivity index (χ3n) is 0.793. The molecule has 0 amide bonds. The largest absolute Gasteiger partial charge is 0.0988 e. The van der Waals surface area contributed by atoms with Crippen LogP contribution in [0.3, 0.4) is 0 Å². The molecule has 0 rings (SSSR count). The van der Waals surface area contributed by atoms with Gasteiger partial charge in [0.1, 0.15) is 0 Å². The van der Waals surface area contributed by atoms with E-state index in [4.69, 9.17) is 22.4 Å². The van der Waals surface area contributed by atoms with E-state index in [0.717, 1.165) is 0 Å². The lowest BCUT2D eigenvalue weighted by Gasteiger charge is -2.00. The molecule has 0 aromatic heterocycles. The van der Waals surface area contributed by atoms with Crippen molar-refractivity contribution in [3.05, 3.63) is 0 Å². The summed E-state index contributed by atoms with van der Waals surface area (Å²) in [7, 11) is 44.2. The molecule has 0 radical (unpaired) electrons. The summed E-state index contributed by atoms with van der Waals surface area (Å²) < 4.78 is 0. The molecule has 182 valence electrons. The summed E-state index contributed by atoms with van der Waals surface area (Å²) >= 11 is 14.5. The molecule has 0 fully saturated rings. The molecule has 0 nitrogen and oxygen atoms in total. The maximum Gasteiger partial charge on any atom is 0.000468 e. The van der Waals surface area contributed by atoms with Gasteiger partial charge < -0.3 is 0 Å². The molecule has 0 aliphatic heterocycles. The first-order chi connectivity index (χ1) is 14.6. The molecule has 0 unspecified atom stereocenters. The second kappa shape index (κ2) is 33.4. The van der Waals surface area contributed by atoms with Gasteiger partial charge in [-0.1, -0.05) is 11.7 Å². The Morgan fingerprint density at radius 2 is 0.600 bits per heavy atom. The van der Waals surface area contributed by atoms with Crippen LogP contribution in [0.15, 0.2) is 0 Å². The van der Waals surface area contributed by atoms with Crippen molar-refractivity contribution in [2.45, 2.75) is 0 Å². The van der Waals surface area contributed by atoms with Gasteiger partial charge in [-0.3, -0.25) is 0 Å². The molecule has 30 heavy (non-hydrogen) atoms. The van der Waals surface area contributed by atoms with E-state index in [0.29, 0.717) is 0 Å². The molecule has 0 aliphatic carbocycles. The molecular weight excluding hydrogens is 942 g/mol. The molecule has 0 aliphatic rings. The van der Waals surface area contributed by atoms with Crippen molar-refractivity contribution in [1.82, 2.24) is 0 Å². The Bertz CT molecular complexity index is 406. The Hall–Kier alpha value is 9.89. The predicted molar refractivity (Wildman–Crippen MR) is 227 cm³/mol. The zero-order valence-corrected chi connectivity index (χ0v) is 36.6. The molecule has 0 aromatic rings. The van der Waals surface area contributed by atoms with E-state index >= 15 is 0 Å². The molecule has 0 saturated carbocycles. The highest BCUT2D eigenvalue weighted by Gasteiger charge is 2.02. The van der Waals surface area contributed by atoms with Crippen molar-refractivity contribution < 1.29 is 0 Å². The number of hydrogen-bond acceptors (Lipinski definition) is 28. The molecule has 0 heterocycles. The average molecular weight is 946 g/mol. The summed E-state index contributed by atoms with van der Waals surface area (Å²) in [6.45, 7) is 0. The van der Waals surface area contributed by atoms with Crippen LogP contribution in [0.25, 0.3) is 0 Å². The van der Waals surface area contributed by atoms with Crippen molar-refractivity contribution in [2.75, 3.05) is 6.26 Å². The van der Waals surface area contributed by atoms with Gasteiger partial charge in [-0.25, -0.2) is 0 Å². The van der Waals surface area contributed by atoms with Gasteiger partial charge in [0, 0.05) is 94.7 Å². The SMILES string of the molecule is CS(=S)(=S)SSSSSSSSSSSSSSSSSSSSSSSSSS. The molecule has 0 bridgehead atoms. The van der Waals surface area contributed by atoms with Gasteiger partial charge in [0.2, 0.25) is 0 Å². The minimum absolute atomic E-state index is 1.29. The van der Waals surface area contributed by atoms with Gasteiger partial charge in [0.05, 0.1) is 0 Å². The van der Waals surface area contributed by atoms with Crippen LogP contribution in [-0.2, 0) is 28.6 Å². The van der Waals surface area contributed by atoms with Crippen LogP contribution in [0, 0.1) is 0 Å². The van der Waals surface area contributed by atoms with E-state index in [-0.39, 0.29) is 0 Å². The standard InChI is InChI=1S/CH4S29/c1-30(3,4)29-28-27-26-25-24-23-22-21-20-19-18-17-16-15-14-13-12-11-10-9-8-7-6-5-2/h2H,1H3. The van der Waals surface area contributed by atoms with Crippen LogP contribution in [0.1, 0.15) is 0 Å². The van der Waals surface area contributed by atoms with Gasteiger partial charge in [0.15, 0.2) is 0 Å².